The molecular formula is C15H21BrFNO3. The Labute approximate surface area is 133 Å². The fourth-order valence-electron chi connectivity index (χ4n) is 1.54. The molecule has 1 atom stereocenters. The summed E-state index contributed by atoms with van der Waals surface area (Å²) in [4.78, 5) is 11.6. The van der Waals surface area contributed by atoms with Gasteiger partial charge in [-0.25, -0.2) is 9.18 Å². The lowest BCUT2D eigenvalue weighted by atomic mass is 10.2. The van der Waals surface area contributed by atoms with Gasteiger partial charge in [0.05, 0.1) is 11.1 Å². The summed E-state index contributed by atoms with van der Waals surface area (Å²) in [6.07, 6.45) is 0.0714. The number of hydrogen-bond donors (Lipinski definition) is 1. The number of nitrogens with one attached hydrogen (secondary N) is 1. The fourth-order valence-corrected chi connectivity index (χ4v) is 2.00. The van der Waals surface area contributed by atoms with E-state index in [0.717, 1.165) is 0 Å². The van der Waals surface area contributed by atoms with Gasteiger partial charge in [0.1, 0.15) is 5.60 Å². The summed E-state index contributed by atoms with van der Waals surface area (Å²) in [5.74, 6) is -0.237. The van der Waals surface area contributed by atoms with E-state index in [0.29, 0.717) is 10.9 Å². The fraction of sp³-hybridized carbons (Fsp3) is 0.533. The SMILES string of the molecule is CC(CCOc1c(F)cccc1Br)NC(=O)OC(C)(C)C. The van der Waals surface area contributed by atoms with Crippen molar-refractivity contribution in [3.05, 3.63) is 28.5 Å². The van der Waals surface area contributed by atoms with E-state index in [1.807, 2.05) is 6.92 Å². The molecule has 0 heterocycles. The molecular weight excluding hydrogens is 341 g/mol. The van der Waals surface area contributed by atoms with Crippen molar-refractivity contribution < 1.29 is 18.7 Å². The molecule has 0 fully saturated rings. The van der Waals surface area contributed by atoms with E-state index in [1.165, 1.54) is 6.07 Å². The van der Waals surface area contributed by atoms with Crippen molar-refractivity contribution >= 4 is 22.0 Å². The molecule has 0 aromatic heterocycles. The van der Waals surface area contributed by atoms with Crippen LogP contribution in [0.3, 0.4) is 0 Å². The smallest absolute Gasteiger partial charge is 0.407 e. The molecule has 1 aromatic rings. The molecule has 1 rings (SSSR count). The normalized spacial score (nSPS) is 12.7. The molecule has 0 aliphatic carbocycles. The first kappa shape index (κ1) is 17.8. The first-order valence-corrected chi connectivity index (χ1v) is 7.54. The molecule has 1 N–H and O–H groups in total. The number of carbonyl (C=O) groups excluding carboxylic acids is 1. The van der Waals surface area contributed by atoms with Gasteiger partial charge in [-0.15, -0.1) is 0 Å². The minimum absolute atomic E-state index is 0.134. The average molecular weight is 362 g/mol. The lowest BCUT2D eigenvalue weighted by Gasteiger charge is -2.22. The van der Waals surface area contributed by atoms with Crippen LogP contribution in [-0.2, 0) is 4.74 Å². The molecule has 0 spiro atoms. The maximum absolute atomic E-state index is 13.5. The van der Waals surface area contributed by atoms with Gasteiger partial charge in [0, 0.05) is 12.5 Å². The largest absolute Gasteiger partial charge is 0.489 e. The number of alkyl carbamates (subject to hydrolysis) is 1. The lowest BCUT2D eigenvalue weighted by Crippen LogP contribution is -2.38. The minimum Gasteiger partial charge on any atom is -0.489 e. The van der Waals surface area contributed by atoms with Crippen molar-refractivity contribution in [2.24, 2.45) is 0 Å². The van der Waals surface area contributed by atoms with Crippen LogP contribution in [0.4, 0.5) is 9.18 Å². The first-order chi connectivity index (χ1) is 9.69. The van der Waals surface area contributed by atoms with E-state index in [9.17, 15) is 9.18 Å². The Morgan fingerprint density at radius 2 is 2.10 bits per heavy atom. The zero-order valence-electron chi connectivity index (χ0n) is 12.7. The Morgan fingerprint density at radius 1 is 1.43 bits per heavy atom. The van der Waals surface area contributed by atoms with Crippen LogP contribution in [0.2, 0.25) is 0 Å². The number of benzene rings is 1. The van der Waals surface area contributed by atoms with Crippen molar-refractivity contribution in [1.29, 1.82) is 0 Å². The highest BCUT2D eigenvalue weighted by atomic mass is 79.9. The van der Waals surface area contributed by atoms with Gasteiger partial charge >= 0.3 is 6.09 Å². The van der Waals surface area contributed by atoms with Gasteiger partial charge in [-0.3, -0.25) is 0 Å². The van der Waals surface area contributed by atoms with E-state index in [2.05, 4.69) is 21.2 Å². The highest BCUT2D eigenvalue weighted by molar-refractivity contribution is 9.10. The van der Waals surface area contributed by atoms with Gasteiger partial charge in [-0.1, -0.05) is 6.07 Å². The third kappa shape index (κ3) is 6.80. The van der Waals surface area contributed by atoms with Crippen LogP contribution in [0.5, 0.6) is 5.75 Å². The standard InChI is InChI=1S/C15H21BrFNO3/c1-10(18-14(19)21-15(2,3)4)8-9-20-13-11(16)6-5-7-12(13)17/h5-7,10H,8-9H2,1-4H3,(H,18,19). The predicted octanol–water partition coefficient (Wildman–Crippen LogP) is 4.27. The van der Waals surface area contributed by atoms with E-state index >= 15 is 0 Å². The van der Waals surface area contributed by atoms with Crippen LogP contribution >= 0.6 is 15.9 Å². The maximum atomic E-state index is 13.5. The van der Waals surface area contributed by atoms with Gasteiger partial charge in [-0.2, -0.15) is 0 Å². The van der Waals surface area contributed by atoms with Crippen LogP contribution in [0.15, 0.2) is 22.7 Å². The molecule has 0 bridgehead atoms. The quantitative estimate of drug-likeness (QED) is 0.851. The van der Waals surface area contributed by atoms with Crippen LogP contribution in [0.25, 0.3) is 0 Å². The number of hydrogen-bond acceptors (Lipinski definition) is 3. The summed E-state index contributed by atoms with van der Waals surface area (Å²) in [6, 6.07) is 4.51. The second-order valence-electron chi connectivity index (χ2n) is 5.74. The third-order valence-corrected chi connectivity index (χ3v) is 3.10. The number of para-hydroxylation sites is 1. The van der Waals surface area contributed by atoms with E-state index in [-0.39, 0.29) is 18.4 Å². The zero-order valence-corrected chi connectivity index (χ0v) is 14.3. The van der Waals surface area contributed by atoms with Gasteiger partial charge < -0.3 is 14.8 Å². The molecule has 0 aliphatic heterocycles. The Kier molecular flexibility index (Phi) is 6.45. The molecule has 21 heavy (non-hydrogen) atoms. The van der Waals surface area contributed by atoms with Gasteiger partial charge in [-0.05, 0) is 55.8 Å². The molecule has 1 amide bonds. The van der Waals surface area contributed by atoms with E-state index in [1.54, 1.807) is 32.9 Å². The number of rotatable bonds is 5. The second-order valence-corrected chi connectivity index (χ2v) is 6.59. The predicted molar refractivity (Wildman–Crippen MR) is 83.0 cm³/mol. The van der Waals surface area contributed by atoms with Crippen molar-refractivity contribution in [2.75, 3.05) is 6.61 Å². The Bertz CT molecular complexity index is 468. The molecule has 1 aromatic carbocycles. The second kappa shape index (κ2) is 7.64. The van der Waals surface area contributed by atoms with Gasteiger partial charge in [0.15, 0.2) is 11.6 Å². The van der Waals surface area contributed by atoms with Crippen LogP contribution < -0.4 is 10.1 Å². The van der Waals surface area contributed by atoms with Crippen molar-refractivity contribution in [3.63, 3.8) is 0 Å². The van der Waals surface area contributed by atoms with Crippen LogP contribution in [-0.4, -0.2) is 24.3 Å². The van der Waals surface area contributed by atoms with Gasteiger partial charge in [0.2, 0.25) is 0 Å². The highest BCUT2D eigenvalue weighted by Gasteiger charge is 2.17. The molecule has 118 valence electrons. The number of carbonyl (C=O) groups is 1. The summed E-state index contributed by atoms with van der Waals surface area (Å²) in [6.45, 7) is 7.53. The van der Waals surface area contributed by atoms with E-state index in [4.69, 9.17) is 9.47 Å². The number of halogens is 2. The summed E-state index contributed by atoms with van der Waals surface area (Å²) in [5.41, 5.74) is -0.529. The molecule has 1 unspecified atom stereocenters. The Morgan fingerprint density at radius 3 is 2.67 bits per heavy atom. The molecule has 0 saturated heterocycles. The lowest BCUT2D eigenvalue weighted by molar-refractivity contribution is 0.0503. The third-order valence-electron chi connectivity index (χ3n) is 2.48. The molecule has 4 nitrogen and oxygen atoms in total. The van der Waals surface area contributed by atoms with Crippen LogP contribution in [0.1, 0.15) is 34.1 Å². The summed E-state index contributed by atoms with van der Waals surface area (Å²) in [5, 5.41) is 2.71. The maximum Gasteiger partial charge on any atom is 0.407 e. The Hall–Kier alpha value is -1.30. The molecule has 0 aliphatic rings. The summed E-state index contributed by atoms with van der Waals surface area (Å²) >= 11 is 3.23. The monoisotopic (exact) mass is 361 g/mol. The summed E-state index contributed by atoms with van der Waals surface area (Å²) < 4.78 is 24.7. The van der Waals surface area contributed by atoms with Gasteiger partial charge in [0.25, 0.3) is 0 Å². The van der Waals surface area contributed by atoms with Crippen LogP contribution in [0, 0.1) is 5.82 Å². The topological polar surface area (TPSA) is 47.6 Å². The van der Waals surface area contributed by atoms with Crippen molar-refractivity contribution in [3.8, 4) is 5.75 Å². The Balaban J connectivity index is 2.37. The first-order valence-electron chi connectivity index (χ1n) is 6.75. The molecule has 6 heteroatoms. The number of ether oxygens (including phenoxy) is 2. The van der Waals surface area contributed by atoms with Crippen molar-refractivity contribution in [1.82, 2.24) is 5.32 Å². The summed E-state index contributed by atoms with van der Waals surface area (Å²) in [7, 11) is 0. The molecule has 0 saturated carbocycles. The minimum atomic E-state index is -0.529. The molecule has 0 radical (unpaired) electrons. The highest BCUT2D eigenvalue weighted by Crippen LogP contribution is 2.27. The number of amides is 1. The average Bonchev–Trinajstić information content (AvgIpc) is 2.30. The zero-order chi connectivity index (χ0) is 16.0. The van der Waals surface area contributed by atoms with Crippen molar-refractivity contribution in [2.45, 2.75) is 45.8 Å². The van der Waals surface area contributed by atoms with E-state index < -0.39 is 17.5 Å².